The molecule has 1 amide bonds. The van der Waals surface area contributed by atoms with Crippen LogP contribution in [0.4, 0.5) is 13.2 Å². The van der Waals surface area contributed by atoms with Crippen molar-refractivity contribution in [1.82, 2.24) is 5.73 Å². The topological polar surface area (TPSA) is 40.9 Å². The lowest BCUT2D eigenvalue weighted by Gasteiger charge is -2.06. The fourth-order valence-electron chi connectivity index (χ4n) is 0.997. The molecule has 75 valence electrons. The molecule has 1 rings (SSSR count). The van der Waals surface area contributed by atoms with Crippen LogP contribution in [0.3, 0.4) is 0 Å². The van der Waals surface area contributed by atoms with E-state index in [-0.39, 0.29) is 6.42 Å². The Morgan fingerprint density at radius 1 is 1.21 bits per heavy atom. The number of halogens is 3. The first-order valence-corrected chi connectivity index (χ1v) is 3.80. The van der Waals surface area contributed by atoms with E-state index in [1.165, 1.54) is 12.1 Å². The zero-order valence-electron chi connectivity index (χ0n) is 7.06. The van der Waals surface area contributed by atoms with Crippen LogP contribution in [0.2, 0.25) is 0 Å². The van der Waals surface area contributed by atoms with Gasteiger partial charge in [0.2, 0.25) is 5.91 Å². The summed E-state index contributed by atoms with van der Waals surface area (Å²) in [4.78, 5) is 10.3. The Bertz CT molecular complexity index is 329. The van der Waals surface area contributed by atoms with E-state index in [0.29, 0.717) is 5.56 Å². The van der Waals surface area contributed by atoms with E-state index in [4.69, 9.17) is 5.73 Å². The number of rotatable bonds is 2. The van der Waals surface area contributed by atoms with Crippen LogP contribution < -0.4 is 5.73 Å². The zero-order valence-corrected chi connectivity index (χ0v) is 7.06. The standard InChI is InChI=1S/C9H7F3NO/c10-9(11,12)7-3-1-6(2-4-7)5-8(13)14/h1-4,13H,5H2. The summed E-state index contributed by atoms with van der Waals surface area (Å²) in [6, 6.07) is 4.21. The fourth-order valence-corrected chi connectivity index (χ4v) is 0.997. The molecule has 0 spiro atoms. The first-order chi connectivity index (χ1) is 6.39. The second-order valence-corrected chi connectivity index (χ2v) is 2.79. The van der Waals surface area contributed by atoms with Gasteiger partial charge in [0.05, 0.1) is 12.0 Å². The number of alkyl halides is 3. The molecule has 5 heteroatoms. The van der Waals surface area contributed by atoms with Gasteiger partial charge in [-0.15, -0.1) is 0 Å². The van der Waals surface area contributed by atoms with Gasteiger partial charge in [0.15, 0.2) is 0 Å². The van der Waals surface area contributed by atoms with E-state index in [1.54, 1.807) is 0 Å². The molecule has 0 heterocycles. The van der Waals surface area contributed by atoms with Gasteiger partial charge < -0.3 is 0 Å². The Hall–Kier alpha value is -1.52. The average Bonchev–Trinajstić information content (AvgIpc) is 2.02. The first kappa shape index (κ1) is 10.6. The predicted octanol–water partition coefficient (Wildman–Crippen LogP) is 2.06. The molecule has 0 atom stereocenters. The van der Waals surface area contributed by atoms with Crippen LogP contribution in [0.5, 0.6) is 0 Å². The smallest absolute Gasteiger partial charge is 0.273 e. The van der Waals surface area contributed by atoms with Gasteiger partial charge in [-0.1, -0.05) is 12.1 Å². The molecule has 0 aromatic heterocycles. The molecule has 2 nitrogen and oxygen atoms in total. The molecule has 1 radical (unpaired) electrons. The minimum atomic E-state index is -4.36. The van der Waals surface area contributed by atoms with Gasteiger partial charge in [-0.25, -0.2) is 0 Å². The van der Waals surface area contributed by atoms with E-state index < -0.39 is 17.6 Å². The van der Waals surface area contributed by atoms with E-state index >= 15 is 0 Å². The van der Waals surface area contributed by atoms with E-state index in [2.05, 4.69) is 0 Å². The van der Waals surface area contributed by atoms with E-state index in [0.717, 1.165) is 12.1 Å². The fraction of sp³-hybridized carbons (Fsp3) is 0.222. The zero-order chi connectivity index (χ0) is 10.8. The second kappa shape index (κ2) is 3.69. The number of benzene rings is 1. The molecule has 0 aliphatic heterocycles. The molecule has 1 aromatic carbocycles. The van der Waals surface area contributed by atoms with Crippen LogP contribution in [-0.2, 0) is 17.4 Å². The van der Waals surface area contributed by atoms with Crippen molar-refractivity contribution in [3.8, 4) is 0 Å². The van der Waals surface area contributed by atoms with Crippen LogP contribution in [0.15, 0.2) is 24.3 Å². The van der Waals surface area contributed by atoms with Crippen LogP contribution >= 0.6 is 0 Å². The molecule has 14 heavy (non-hydrogen) atoms. The van der Waals surface area contributed by atoms with Gasteiger partial charge in [0.1, 0.15) is 0 Å². The van der Waals surface area contributed by atoms with Crippen molar-refractivity contribution in [3.63, 3.8) is 0 Å². The van der Waals surface area contributed by atoms with Crippen molar-refractivity contribution >= 4 is 5.91 Å². The summed E-state index contributed by atoms with van der Waals surface area (Å²) >= 11 is 0. The van der Waals surface area contributed by atoms with Crippen molar-refractivity contribution in [1.29, 1.82) is 0 Å². The third-order valence-corrected chi connectivity index (χ3v) is 1.65. The van der Waals surface area contributed by atoms with E-state index in [9.17, 15) is 18.0 Å². The average molecular weight is 202 g/mol. The number of hydrogen-bond acceptors (Lipinski definition) is 1. The number of hydrogen-bond donors (Lipinski definition) is 0. The highest BCUT2D eigenvalue weighted by Crippen LogP contribution is 2.29. The molecular weight excluding hydrogens is 195 g/mol. The SMILES string of the molecule is [NH]C(=O)Cc1ccc(C(F)(F)F)cc1. The maximum atomic E-state index is 12.1. The van der Waals surface area contributed by atoms with Crippen molar-refractivity contribution in [3.05, 3.63) is 35.4 Å². The van der Waals surface area contributed by atoms with Crippen LogP contribution in [-0.4, -0.2) is 5.91 Å². The molecular formula is C9H7F3NO. The predicted molar refractivity (Wildman–Crippen MR) is 43.3 cm³/mol. The van der Waals surface area contributed by atoms with Gasteiger partial charge in [-0.2, -0.15) is 13.2 Å². The molecule has 0 unspecified atom stereocenters. The minimum absolute atomic E-state index is 0.155. The summed E-state index contributed by atoms with van der Waals surface area (Å²) in [7, 11) is 0. The number of nitrogens with one attached hydrogen (secondary N) is 1. The Morgan fingerprint density at radius 2 is 1.71 bits per heavy atom. The summed E-state index contributed by atoms with van der Waals surface area (Å²) < 4.78 is 36.2. The molecule has 0 fully saturated rings. The van der Waals surface area contributed by atoms with E-state index in [1.807, 2.05) is 0 Å². The summed E-state index contributed by atoms with van der Waals surface area (Å²) in [5, 5.41) is 0. The Labute approximate surface area is 78.5 Å². The van der Waals surface area contributed by atoms with Crippen LogP contribution in [0, 0.1) is 0 Å². The molecule has 1 aromatic rings. The number of carbonyl (C=O) groups excluding carboxylic acids is 1. The minimum Gasteiger partial charge on any atom is -0.273 e. The monoisotopic (exact) mass is 202 g/mol. The summed E-state index contributed by atoms with van der Waals surface area (Å²) in [6.07, 6.45) is -4.51. The lowest BCUT2D eigenvalue weighted by molar-refractivity contribution is -0.137. The number of carbonyl (C=O) groups is 1. The summed E-state index contributed by atoms with van der Waals surface area (Å²) in [5.74, 6) is -0.815. The summed E-state index contributed by atoms with van der Waals surface area (Å²) in [6.45, 7) is 0. The van der Waals surface area contributed by atoms with Crippen molar-refractivity contribution < 1.29 is 18.0 Å². The van der Waals surface area contributed by atoms with Crippen molar-refractivity contribution in [2.75, 3.05) is 0 Å². The Kier molecular flexibility index (Phi) is 2.78. The Morgan fingerprint density at radius 3 is 2.07 bits per heavy atom. The first-order valence-electron chi connectivity index (χ1n) is 3.80. The molecule has 0 saturated heterocycles. The third kappa shape index (κ3) is 2.76. The summed E-state index contributed by atoms with van der Waals surface area (Å²) in [5.41, 5.74) is 6.29. The molecule has 0 aliphatic carbocycles. The van der Waals surface area contributed by atoms with Gasteiger partial charge in [0, 0.05) is 0 Å². The van der Waals surface area contributed by atoms with Gasteiger partial charge in [-0.05, 0) is 17.7 Å². The van der Waals surface area contributed by atoms with Crippen LogP contribution in [0.1, 0.15) is 11.1 Å². The number of amides is 1. The van der Waals surface area contributed by atoms with Crippen LogP contribution in [0.25, 0.3) is 0 Å². The van der Waals surface area contributed by atoms with Gasteiger partial charge in [-0.3, -0.25) is 10.5 Å². The third-order valence-electron chi connectivity index (χ3n) is 1.65. The van der Waals surface area contributed by atoms with Gasteiger partial charge >= 0.3 is 6.18 Å². The molecule has 0 aliphatic rings. The maximum Gasteiger partial charge on any atom is 0.416 e. The van der Waals surface area contributed by atoms with Crippen molar-refractivity contribution in [2.45, 2.75) is 12.6 Å². The highest BCUT2D eigenvalue weighted by atomic mass is 19.4. The molecule has 0 bridgehead atoms. The highest BCUT2D eigenvalue weighted by Gasteiger charge is 2.29. The highest BCUT2D eigenvalue weighted by molar-refractivity contribution is 5.75. The normalized spacial score (nSPS) is 11.4. The molecule has 0 saturated carbocycles. The molecule has 1 N–H and O–H groups in total. The maximum absolute atomic E-state index is 12.1. The Balaban J connectivity index is 2.84. The second-order valence-electron chi connectivity index (χ2n) is 2.79. The lowest BCUT2D eigenvalue weighted by Crippen LogP contribution is -2.06. The van der Waals surface area contributed by atoms with Crippen molar-refractivity contribution in [2.24, 2.45) is 0 Å². The van der Waals surface area contributed by atoms with Gasteiger partial charge in [0.25, 0.3) is 0 Å². The lowest BCUT2D eigenvalue weighted by atomic mass is 10.1. The largest absolute Gasteiger partial charge is 0.416 e. The quantitative estimate of drug-likeness (QED) is 0.723.